The fourth-order valence-corrected chi connectivity index (χ4v) is 3.54. The van der Waals surface area contributed by atoms with Gasteiger partial charge in [0, 0.05) is 11.9 Å². The second-order valence-corrected chi connectivity index (χ2v) is 6.77. The first-order chi connectivity index (χ1) is 9.13. The molecular weight excluding hydrogens is 304 g/mol. The summed E-state index contributed by atoms with van der Waals surface area (Å²) >= 11 is 3.65. The average Bonchev–Trinajstić information content (AvgIpc) is 2.43. The molecule has 0 heterocycles. The molecule has 0 aromatic carbocycles. The summed E-state index contributed by atoms with van der Waals surface area (Å²) in [5.74, 6) is 1.70. The highest BCUT2D eigenvalue weighted by molar-refractivity contribution is 9.09. The van der Waals surface area contributed by atoms with Crippen molar-refractivity contribution in [2.45, 2.75) is 64.9 Å². The van der Waals surface area contributed by atoms with Gasteiger partial charge in [0.05, 0.1) is 18.8 Å². The van der Waals surface area contributed by atoms with Crippen LogP contribution in [0.25, 0.3) is 0 Å². The van der Waals surface area contributed by atoms with E-state index >= 15 is 0 Å². The maximum Gasteiger partial charge on any atom is 0.0780 e. The molecule has 0 aromatic heterocycles. The first-order valence-electron chi connectivity index (χ1n) is 7.91. The van der Waals surface area contributed by atoms with Gasteiger partial charge in [0.25, 0.3) is 0 Å². The number of unbranched alkanes of at least 4 members (excludes halogenated alkanes) is 1. The predicted octanol–water partition coefficient (Wildman–Crippen LogP) is 4.80. The summed E-state index contributed by atoms with van der Waals surface area (Å²) < 4.78 is 11.7. The van der Waals surface area contributed by atoms with E-state index < -0.39 is 0 Å². The smallest absolute Gasteiger partial charge is 0.0780 e. The maximum atomic E-state index is 6.16. The van der Waals surface area contributed by atoms with Crippen molar-refractivity contribution in [3.8, 4) is 0 Å². The van der Waals surface area contributed by atoms with Crippen LogP contribution < -0.4 is 0 Å². The van der Waals surface area contributed by atoms with Crippen molar-refractivity contribution in [1.29, 1.82) is 0 Å². The van der Waals surface area contributed by atoms with Gasteiger partial charge in [-0.1, -0.05) is 43.1 Å². The van der Waals surface area contributed by atoms with Crippen LogP contribution in [-0.2, 0) is 9.47 Å². The van der Waals surface area contributed by atoms with Crippen LogP contribution in [0.2, 0.25) is 0 Å². The third-order valence-electron chi connectivity index (χ3n) is 4.41. The van der Waals surface area contributed by atoms with Crippen LogP contribution in [0.15, 0.2) is 0 Å². The summed E-state index contributed by atoms with van der Waals surface area (Å²) in [6.07, 6.45) is 7.34. The normalized spacial score (nSPS) is 27.9. The van der Waals surface area contributed by atoms with Gasteiger partial charge in [0.1, 0.15) is 0 Å². The van der Waals surface area contributed by atoms with Gasteiger partial charge in [-0.05, 0) is 43.9 Å². The summed E-state index contributed by atoms with van der Waals surface area (Å²) in [5.41, 5.74) is 0.0690. The van der Waals surface area contributed by atoms with Crippen molar-refractivity contribution >= 4 is 15.9 Å². The minimum absolute atomic E-state index is 0.0690. The molecule has 19 heavy (non-hydrogen) atoms. The van der Waals surface area contributed by atoms with Crippen LogP contribution in [0.3, 0.4) is 0 Å². The molecule has 0 unspecified atom stereocenters. The van der Waals surface area contributed by atoms with Crippen molar-refractivity contribution in [3.63, 3.8) is 0 Å². The summed E-state index contributed by atoms with van der Waals surface area (Å²) in [6.45, 7) is 9.22. The molecule has 0 aromatic rings. The van der Waals surface area contributed by atoms with Crippen LogP contribution in [0.1, 0.15) is 59.3 Å². The molecule has 0 spiro atoms. The molecule has 114 valence electrons. The quantitative estimate of drug-likeness (QED) is 0.445. The van der Waals surface area contributed by atoms with Gasteiger partial charge in [0.2, 0.25) is 0 Å². The zero-order chi connectivity index (χ0) is 14.1. The molecule has 0 saturated heterocycles. The lowest BCUT2D eigenvalue weighted by Gasteiger charge is -2.40. The third kappa shape index (κ3) is 6.14. The van der Waals surface area contributed by atoms with Crippen molar-refractivity contribution in [2.75, 3.05) is 25.2 Å². The lowest BCUT2D eigenvalue weighted by molar-refractivity contribution is -0.0814. The van der Waals surface area contributed by atoms with Crippen molar-refractivity contribution in [2.24, 2.45) is 11.8 Å². The Morgan fingerprint density at radius 1 is 1.16 bits per heavy atom. The molecule has 0 bridgehead atoms. The fourth-order valence-electron chi connectivity index (χ4n) is 2.81. The number of ether oxygens (including phenoxy) is 2. The van der Waals surface area contributed by atoms with Crippen LogP contribution >= 0.6 is 15.9 Å². The molecule has 3 heteroatoms. The first kappa shape index (κ1) is 17.5. The van der Waals surface area contributed by atoms with E-state index in [-0.39, 0.29) is 5.60 Å². The van der Waals surface area contributed by atoms with Gasteiger partial charge >= 0.3 is 0 Å². The zero-order valence-corrected chi connectivity index (χ0v) is 14.5. The Bertz CT molecular complexity index is 223. The molecule has 0 N–H and O–H groups in total. The highest BCUT2D eigenvalue weighted by Gasteiger charge is 2.35. The number of hydrogen-bond acceptors (Lipinski definition) is 2. The minimum atomic E-state index is 0.0690. The van der Waals surface area contributed by atoms with Crippen LogP contribution in [0, 0.1) is 11.8 Å². The molecule has 0 atom stereocenters. The van der Waals surface area contributed by atoms with E-state index in [0.717, 1.165) is 43.4 Å². The first-order valence-corrected chi connectivity index (χ1v) is 9.03. The standard InChI is InChI=1S/C16H31BrO2/c1-4-5-10-18-11-12-19-16(13-17)8-6-15(7-9-16)14(2)3/h14-15H,4-13H2,1-3H3. The lowest BCUT2D eigenvalue weighted by Crippen LogP contribution is -2.40. The molecule has 0 radical (unpaired) electrons. The van der Waals surface area contributed by atoms with Crippen LogP contribution in [-0.4, -0.2) is 30.8 Å². The summed E-state index contributed by atoms with van der Waals surface area (Å²) in [6, 6.07) is 0. The molecule has 0 amide bonds. The highest BCUT2D eigenvalue weighted by atomic mass is 79.9. The summed E-state index contributed by atoms with van der Waals surface area (Å²) in [7, 11) is 0. The van der Waals surface area contributed by atoms with Crippen LogP contribution in [0.4, 0.5) is 0 Å². The Morgan fingerprint density at radius 3 is 2.37 bits per heavy atom. The maximum absolute atomic E-state index is 6.16. The molecule has 1 fully saturated rings. The Labute approximate surface area is 127 Å². The molecule has 2 nitrogen and oxygen atoms in total. The van der Waals surface area contributed by atoms with Crippen molar-refractivity contribution < 1.29 is 9.47 Å². The van der Waals surface area contributed by atoms with E-state index in [2.05, 4.69) is 36.7 Å². The molecular formula is C16H31BrO2. The van der Waals surface area contributed by atoms with Gasteiger partial charge < -0.3 is 9.47 Å². The second kappa shape index (κ2) is 9.36. The molecule has 1 saturated carbocycles. The predicted molar refractivity (Wildman–Crippen MR) is 85.0 cm³/mol. The van der Waals surface area contributed by atoms with Crippen molar-refractivity contribution in [3.05, 3.63) is 0 Å². The van der Waals surface area contributed by atoms with Crippen molar-refractivity contribution in [1.82, 2.24) is 0 Å². The van der Waals surface area contributed by atoms with Gasteiger partial charge in [-0.2, -0.15) is 0 Å². The number of halogens is 1. The lowest BCUT2D eigenvalue weighted by atomic mass is 9.75. The van der Waals surface area contributed by atoms with E-state index in [1.807, 2.05) is 0 Å². The Kier molecular flexibility index (Phi) is 8.59. The third-order valence-corrected chi connectivity index (χ3v) is 5.43. The fraction of sp³-hybridized carbons (Fsp3) is 1.00. The van der Waals surface area contributed by atoms with E-state index in [0.29, 0.717) is 0 Å². The average molecular weight is 335 g/mol. The van der Waals surface area contributed by atoms with Gasteiger partial charge in [0.15, 0.2) is 0 Å². The number of alkyl halides is 1. The molecule has 0 aliphatic heterocycles. The summed E-state index contributed by atoms with van der Waals surface area (Å²) in [4.78, 5) is 0. The second-order valence-electron chi connectivity index (χ2n) is 6.21. The highest BCUT2D eigenvalue weighted by Crippen LogP contribution is 2.39. The van der Waals surface area contributed by atoms with E-state index in [1.54, 1.807) is 0 Å². The van der Waals surface area contributed by atoms with Crippen LogP contribution in [0.5, 0.6) is 0 Å². The zero-order valence-electron chi connectivity index (χ0n) is 12.9. The Balaban J connectivity index is 2.22. The minimum Gasteiger partial charge on any atom is -0.379 e. The largest absolute Gasteiger partial charge is 0.379 e. The molecule has 1 rings (SSSR count). The van der Waals surface area contributed by atoms with E-state index in [9.17, 15) is 0 Å². The molecule has 1 aliphatic carbocycles. The topological polar surface area (TPSA) is 18.5 Å². The SMILES string of the molecule is CCCCOCCOC1(CBr)CCC(C(C)C)CC1. The number of rotatable bonds is 9. The Morgan fingerprint density at radius 2 is 1.84 bits per heavy atom. The monoisotopic (exact) mass is 334 g/mol. The Hall–Kier alpha value is 0.400. The van der Waals surface area contributed by atoms with Gasteiger partial charge in [-0.3, -0.25) is 0 Å². The van der Waals surface area contributed by atoms with E-state index in [1.165, 1.54) is 32.1 Å². The summed E-state index contributed by atoms with van der Waals surface area (Å²) in [5, 5.41) is 0.958. The number of hydrogen-bond donors (Lipinski definition) is 0. The van der Waals surface area contributed by atoms with Gasteiger partial charge in [-0.15, -0.1) is 0 Å². The molecule has 1 aliphatic rings. The van der Waals surface area contributed by atoms with E-state index in [4.69, 9.17) is 9.47 Å². The van der Waals surface area contributed by atoms with Gasteiger partial charge in [-0.25, -0.2) is 0 Å².